The molecule has 0 atom stereocenters. The second kappa shape index (κ2) is 6.49. The van der Waals surface area contributed by atoms with Gasteiger partial charge in [-0.25, -0.2) is 4.98 Å². The lowest BCUT2D eigenvalue weighted by Crippen LogP contribution is -2.46. The Morgan fingerprint density at radius 2 is 2.22 bits per heavy atom. The highest BCUT2D eigenvalue weighted by molar-refractivity contribution is 5.78. The van der Waals surface area contributed by atoms with E-state index < -0.39 is 0 Å². The lowest BCUT2D eigenvalue weighted by atomic mass is 10.0. The molecule has 0 saturated carbocycles. The number of aromatic nitrogens is 3. The summed E-state index contributed by atoms with van der Waals surface area (Å²) in [5.41, 5.74) is -0.138. The molecule has 102 valence electrons. The van der Waals surface area contributed by atoms with E-state index in [-0.39, 0.29) is 11.4 Å². The third-order valence-electron chi connectivity index (χ3n) is 2.82. The Hall–Kier alpha value is -1.43. The van der Waals surface area contributed by atoms with Crippen molar-refractivity contribution in [2.75, 3.05) is 13.1 Å². The van der Waals surface area contributed by atoms with Gasteiger partial charge in [0.25, 0.3) is 0 Å². The average Bonchev–Trinajstić information content (AvgIpc) is 2.70. The smallest absolute Gasteiger partial charge is 0.234 e. The molecule has 0 bridgehead atoms. The van der Waals surface area contributed by atoms with E-state index in [9.17, 15) is 4.79 Å². The van der Waals surface area contributed by atoms with Crippen molar-refractivity contribution in [3.63, 3.8) is 0 Å². The standard InChI is InChI=1S/C12H23N5O/c1-5-12(2,3)15-11(18)8-13-7-6-10-14-9-17(4)16-10/h9,13H,5-8H2,1-4H3,(H,15,18). The normalized spacial score (nSPS) is 11.6. The fraction of sp³-hybridized carbons (Fsp3) is 0.750. The first-order valence-corrected chi connectivity index (χ1v) is 6.29. The van der Waals surface area contributed by atoms with Gasteiger partial charge in [0, 0.05) is 25.6 Å². The zero-order chi connectivity index (χ0) is 13.6. The molecule has 0 aromatic carbocycles. The second-order valence-corrected chi connectivity index (χ2v) is 5.05. The van der Waals surface area contributed by atoms with E-state index in [1.165, 1.54) is 0 Å². The number of carbonyl (C=O) groups is 1. The topological polar surface area (TPSA) is 71.8 Å². The van der Waals surface area contributed by atoms with Gasteiger partial charge in [-0.1, -0.05) is 6.92 Å². The third-order valence-corrected chi connectivity index (χ3v) is 2.82. The number of hydrogen-bond acceptors (Lipinski definition) is 4. The highest BCUT2D eigenvalue weighted by atomic mass is 16.2. The predicted molar refractivity (Wildman–Crippen MR) is 70.1 cm³/mol. The molecule has 1 aromatic heterocycles. The van der Waals surface area contributed by atoms with Crippen LogP contribution >= 0.6 is 0 Å². The number of carbonyl (C=O) groups excluding carboxylic acids is 1. The van der Waals surface area contributed by atoms with Gasteiger partial charge in [-0.15, -0.1) is 0 Å². The van der Waals surface area contributed by atoms with Crippen LogP contribution in [0.1, 0.15) is 33.0 Å². The van der Waals surface area contributed by atoms with E-state index in [0.717, 1.165) is 18.7 Å². The highest BCUT2D eigenvalue weighted by Crippen LogP contribution is 2.05. The SMILES string of the molecule is CCC(C)(C)NC(=O)CNCCc1ncn(C)n1. The Bertz CT molecular complexity index is 386. The van der Waals surface area contributed by atoms with E-state index in [1.807, 2.05) is 20.9 Å². The Labute approximate surface area is 108 Å². The van der Waals surface area contributed by atoms with Crippen LogP contribution in [0.3, 0.4) is 0 Å². The van der Waals surface area contributed by atoms with Crippen LogP contribution in [-0.4, -0.2) is 39.3 Å². The molecule has 0 unspecified atom stereocenters. The van der Waals surface area contributed by atoms with Gasteiger partial charge in [-0.3, -0.25) is 9.48 Å². The molecule has 0 aliphatic rings. The summed E-state index contributed by atoms with van der Waals surface area (Å²) in [6.07, 6.45) is 3.31. The summed E-state index contributed by atoms with van der Waals surface area (Å²) in [4.78, 5) is 15.7. The van der Waals surface area contributed by atoms with Crippen molar-refractivity contribution in [1.82, 2.24) is 25.4 Å². The predicted octanol–water partition coefficient (Wildman–Crippen LogP) is 0.252. The molecule has 6 heteroatoms. The highest BCUT2D eigenvalue weighted by Gasteiger charge is 2.16. The Kier molecular flexibility index (Phi) is 5.27. The fourth-order valence-corrected chi connectivity index (χ4v) is 1.41. The average molecular weight is 253 g/mol. The van der Waals surface area contributed by atoms with E-state index in [0.29, 0.717) is 13.1 Å². The number of rotatable bonds is 7. The van der Waals surface area contributed by atoms with Crippen LogP contribution in [0.25, 0.3) is 0 Å². The van der Waals surface area contributed by atoms with Gasteiger partial charge >= 0.3 is 0 Å². The van der Waals surface area contributed by atoms with Crippen LogP contribution in [0, 0.1) is 0 Å². The molecule has 0 spiro atoms. The van der Waals surface area contributed by atoms with Gasteiger partial charge < -0.3 is 10.6 Å². The molecular weight excluding hydrogens is 230 g/mol. The molecule has 1 aromatic rings. The van der Waals surface area contributed by atoms with E-state index in [4.69, 9.17) is 0 Å². The van der Waals surface area contributed by atoms with Crippen LogP contribution in [0.5, 0.6) is 0 Å². The number of nitrogens with one attached hydrogen (secondary N) is 2. The van der Waals surface area contributed by atoms with E-state index >= 15 is 0 Å². The summed E-state index contributed by atoms with van der Waals surface area (Å²) in [7, 11) is 1.84. The minimum atomic E-state index is -0.138. The Morgan fingerprint density at radius 3 is 2.78 bits per heavy atom. The van der Waals surface area contributed by atoms with Gasteiger partial charge in [-0.05, 0) is 20.3 Å². The molecule has 0 radical (unpaired) electrons. The maximum absolute atomic E-state index is 11.6. The van der Waals surface area contributed by atoms with Crippen molar-refractivity contribution in [2.24, 2.45) is 7.05 Å². The second-order valence-electron chi connectivity index (χ2n) is 5.05. The maximum atomic E-state index is 11.6. The van der Waals surface area contributed by atoms with Gasteiger partial charge in [-0.2, -0.15) is 5.10 Å². The van der Waals surface area contributed by atoms with Gasteiger partial charge in [0.2, 0.25) is 5.91 Å². The fourth-order valence-electron chi connectivity index (χ4n) is 1.41. The van der Waals surface area contributed by atoms with Crippen LogP contribution in [-0.2, 0) is 18.3 Å². The van der Waals surface area contributed by atoms with Crippen LogP contribution in [0.15, 0.2) is 6.33 Å². The molecule has 0 aliphatic heterocycles. The minimum Gasteiger partial charge on any atom is -0.350 e. The van der Waals surface area contributed by atoms with Crippen molar-refractivity contribution < 1.29 is 4.79 Å². The van der Waals surface area contributed by atoms with Crippen molar-refractivity contribution in [2.45, 2.75) is 39.2 Å². The molecule has 0 saturated heterocycles. The lowest BCUT2D eigenvalue weighted by molar-refractivity contribution is -0.121. The number of aryl methyl sites for hydroxylation is 1. The molecule has 0 aliphatic carbocycles. The van der Waals surface area contributed by atoms with Crippen LogP contribution in [0.2, 0.25) is 0 Å². The van der Waals surface area contributed by atoms with Crippen molar-refractivity contribution in [3.8, 4) is 0 Å². The molecule has 1 heterocycles. The van der Waals surface area contributed by atoms with Crippen LogP contribution < -0.4 is 10.6 Å². The lowest BCUT2D eigenvalue weighted by Gasteiger charge is -2.24. The summed E-state index contributed by atoms with van der Waals surface area (Å²) in [6, 6.07) is 0. The zero-order valence-electron chi connectivity index (χ0n) is 11.7. The van der Waals surface area contributed by atoms with Crippen molar-refractivity contribution >= 4 is 5.91 Å². The monoisotopic (exact) mass is 253 g/mol. The molecule has 2 N–H and O–H groups in total. The van der Waals surface area contributed by atoms with E-state index in [1.54, 1.807) is 11.0 Å². The third kappa shape index (κ3) is 5.27. The number of nitrogens with zero attached hydrogens (tertiary/aromatic N) is 3. The first-order valence-electron chi connectivity index (χ1n) is 6.29. The minimum absolute atomic E-state index is 0.0239. The summed E-state index contributed by atoms with van der Waals surface area (Å²) in [5.74, 6) is 0.815. The molecule has 0 fully saturated rings. The summed E-state index contributed by atoms with van der Waals surface area (Å²) in [6.45, 7) is 7.12. The molecule has 1 rings (SSSR count). The van der Waals surface area contributed by atoms with Crippen molar-refractivity contribution in [1.29, 1.82) is 0 Å². The first kappa shape index (κ1) is 14.6. The Balaban J connectivity index is 2.16. The quantitative estimate of drug-likeness (QED) is 0.683. The van der Waals surface area contributed by atoms with Gasteiger partial charge in [0.1, 0.15) is 6.33 Å². The summed E-state index contributed by atoms with van der Waals surface area (Å²) < 4.78 is 1.67. The largest absolute Gasteiger partial charge is 0.350 e. The van der Waals surface area contributed by atoms with E-state index in [2.05, 4.69) is 27.6 Å². The molecule has 1 amide bonds. The molecule has 6 nitrogen and oxygen atoms in total. The van der Waals surface area contributed by atoms with Gasteiger partial charge in [0.15, 0.2) is 5.82 Å². The van der Waals surface area contributed by atoms with Gasteiger partial charge in [0.05, 0.1) is 6.54 Å². The summed E-state index contributed by atoms with van der Waals surface area (Å²) in [5, 5.41) is 10.2. The molecular formula is C12H23N5O. The Morgan fingerprint density at radius 1 is 1.50 bits per heavy atom. The van der Waals surface area contributed by atoms with Crippen LogP contribution in [0.4, 0.5) is 0 Å². The summed E-state index contributed by atoms with van der Waals surface area (Å²) >= 11 is 0. The maximum Gasteiger partial charge on any atom is 0.234 e. The molecule has 18 heavy (non-hydrogen) atoms. The number of amides is 1. The zero-order valence-corrected chi connectivity index (χ0v) is 11.7. The van der Waals surface area contributed by atoms with Crippen molar-refractivity contribution in [3.05, 3.63) is 12.2 Å². The first-order chi connectivity index (χ1) is 8.43. The number of hydrogen-bond donors (Lipinski definition) is 2.